The van der Waals surface area contributed by atoms with Crippen LogP contribution in [0.25, 0.3) is 0 Å². The fourth-order valence-corrected chi connectivity index (χ4v) is 11.3. The van der Waals surface area contributed by atoms with Gasteiger partial charge in [-0.05, 0) is 119 Å². The second-order valence-electron chi connectivity index (χ2n) is 28.6. The van der Waals surface area contributed by atoms with Crippen LogP contribution in [0.2, 0.25) is 0 Å². The molecule has 0 aliphatic rings. The number of aromatic nitrogens is 2. The fourth-order valence-electron chi connectivity index (χ4n) is 10.9. The summed E-state index contributed by atoms with van der Waals surface area (Å²) in [5.41, 5.74) is 34.0. The Balaban J connectivity index is 3.59. The van der Waals surface area contributed by atoms with Gasteiger partial charge in [-0.25, -0.2) is 9.78 Å². The topological polar surface area (TPSA) is 674 Å². The Hall–Kier alpha value is -9.48. The van der Waals surface area contributed by atoms with Crippen LogP contribution in [-0.2, 0) is 73.5 Å². The lowest BCUT2D eigenvalue weighted by atomic mass is 9.99. The largest absolute Gasteiger partial charge is 0.481 e. The minimum atomic E-state index is -2.00. The number of aliphatic hydroxyl groups is 2. The third-order valence-corrected chi connectivity index (χ3v) is 17.2. The highest BCUT2D eigenvalue weighted by molar-refractivity contribution is 7.98. The molecule has 13 atom stereocenters. The second kappa shape index (κ2) is 51.8. The Kier molecular flexibility index (Phi) is 46.3. The monoisotopic (exact) mass is 1570 g/mol. The number of carbonyl (C=O) groups is 14. The first-order valence-electron chi connectivity index (χ1n) is 36.5. The van der Waals surface area contributed by atoms with Crippen molar-refractivity contribution in [2.75, 3.05) is 44.9 Å². The maximum Gasteiger partial charge on any atom is 0.326 e. The number of carbonyl (C=O) groups excluding carboxylic acids is 12. The number of nitrogens with two attached hydrogens (primary N) is 6. The number of nitrogens with one attached hydrogen (secondary N) is 13. The molecule has 1 rings (SSSR count). The summed E-state index contributed by atoms with van der Waals surface area (Å²) in [6, 6.07) is -19.4. The van der Waals surface area contributed by atoms with Gasteiger partial charge in [-0.1, -0.05) is 75.7 Å². The average molecular weight is 1570 g/mol. The molecular formula is C68H122N22O18S. The number of nitrogens with zero attached hydrogens (tertiary/aromatic N) is 3. The van der Waals surface area contributed by atoms with Crippen molar-refractivity contribution in [2.45, 2.75) is 238 Å². The van der Waals surface area contributed by atoms with Crippen molar-refractivity contribution in [3.05, 3.63) is 18.2 Å². The van der Waals surface area contributed by atoms with E-state index in [0.29, 0.717) is 31.5 Å². The summed E-state index contributed by atoms with van der Waals surface area (Å²) < 4.78 is 0. The maximum absolute atomic E-state index is 14.5. The Morgan fingerprint density at radius 1 is 0.440 bits per heavy atom. The van der Waals surface area contributed by atoms with Crippen molar-refractivity contribution in [3.63, 3.8) is 0 Å². The molecular weight excluding hydrogens is 1440 g/mol. The summed E-state index contributed by atoms with van der Waals surface area (Å²) in [4.78, 5) is 208. The van der Waals surface area contributed by atoms with Crippen LogP contribution in [0.1, 0.15) is 158 Å². The molecule has 12 amide bonds. The van der Waals surface area contributed by atoms with E-state index in [1.807, 2.05) is 13.8 Å². The minimum Gasteiger partial charge on any atom is -0.481 e. The molecule has 0 aromatic carbocycles. The quantitative estimate of drug-likeness (QED) is 0.0164. The van der Waals surface area contributed by atoms with Crippen molar-refractivity contribution in [1.82, 2.24) is 73.8 Å². The molecule has 1 heterocycles. The van der Waals surface area contributed by atoms with Crippen molar-refractivity contribution in [3.8, 4) is 0 Å². The number of aliphatic imine (C=N–C) groups is 2. The summed E-state index contributed by atoms with van der Waals surface area (Å²) in [7, 11) is 0. The van der Waals surface area contributed by atoms with E-state index in [2.05, 4.69) is 83.8 Å². The zero-order valence-electron chi connectivity index (χ0n) is 64.4. The first kappa shape index (κ1) is 97.5. The van der Waals surface area contributed by atoms with E-state index in [-0.39, 0.29) is 119 Å². The SMILES string of the molecule is CSCC[C@H](NC(=O)[C@H](CO)NC(=O)[C@H](CC(=O)O)NC(=O)[C@H](CCCN=C(N)N)NC(=O)[C@H](CC(C)C)NC(=O)[C@H](CC(C)C)NC(=O)[C@@H](N)CCCCN)C(=O)N[C@H](C(=O)N[C@@H](CC(C)C)C(=O)N[C@@H](Cc1cnc[nH]1)C(=O)N[C@@H](CO)C(=O)N[C@@H](CCCN=C(N)N)C(=O)N[C@@H](CC(C)C)C(=O)O)C(C)C. The lowest BCUT2D eigenvalue weighted by molar-refractivity contribution is -0.143. The van der Waals surface area contributed by atoms with Gasteiger partial charge in [0.25, 0.3) is 0 Å². The molecule has 0 bridgehead atoms. The van der Waals surface area contributed by atoms with Crippen molar-refractivity contribution >= 4 is 107 Å². The molecule has 0 spiro atoms. The number of unbranched alkanes of at least 4 members (excludes halogenated alkanes) is 1. The first-order chi connectivity index (χ1) is 51.2. The number of carboxylic acid groups (broad SMARTS) is 2. The number of thioether (sulfide) groups is 1. The van der Waals surface area contributed by atoms with Gasteiger partial charge < -0.3 is 124 Å². The third-order valence-electron chi connectivity index (χ3n) is 16.5. The summed E-state index contributed by atoms with van der Waals surface area (Å²) >= 11 is 1.25. The Morgan fingerprint density at radius 3 is 1.17 bits per heavy atom. The number of guanidine groups is 2. The number of aliphatic carboxylic acids is 2. The number of aromatic amines is 1. The highest BCUT2D eigenvalue weighted by Crippen LogP contribution is 2.16. The normalized spacial score (nSPS) is 14.9. The van der Waals surface area contributed by atoms with Crippen LogP contribution in [-0.4, -0.2) is 249 Å². The molecule has 29 N–H and O–H groups in total. The molecule has 1 aromatic heterocycles. The molecule has 0 aliphatic heterocycles. The van der Waals surface area contributed by atoms with Gasteiger partial charge in [0, 0.05) is 31.4 Å². The molecule has 0 radical (unpaired) electrons. The van der Waals surface area contributed by atoms with Crippen LogP contribution in [0.4, 0.5) is 0 Å². The fraction of sp³-hybridized carbons (Fsp3) is 0.721. The summed E-state index contributed by atoms with van der Waals surface area (Å²) in [6.45, 7) is 15.4. The van der Waals surface area contributed by atoms with Crippen LogP contribution in [0, 0.1) is 29.6 Å². The Bertz CT molecular complexity index is 3150. The van der Waals surface area contributed by atoms with E-state index in [1.165, 1.54) is 24.3 Å². The van der Waals surface area contributed by atoms with Gasteiger partial charge in [0.1, 0.15) is 72.5 Å². The van der Waals surface area contributed by atoms with Gasteiger partial charge in [0.05, 0.1) is 32.0 Å². The minimum absolute atomic E-state index is 0.0107. The number of hydrogen-bond acceptors (Lipinski definition) is 22. The van der Waals surface area contributed by atoms with Gasteiger partial charge in [0.15, 0.2) is 11.9 Å². The van der Waals surface area contributed by atoms with E-state index in [4.69, 9.17) is 34.4 Å². The number of aliphatic hydroxyl groups excluding tert-OH is 2. The summed E-state index contributed by atoms with van der Waals surface area (Å²) in [6.07, 6.45) is 4.20. The Morgan fingerprint density at radius 2 is 0.789 bits per heavy atom. The molecule has 0 saturated carbocycles. The molecule has 1 aromatic rings. The number of hydrogen-bond donors (Lipinski definition) is 23. The Labute approximate surface area is 640 Å². The van der Waals surface area contributed by atoms with Gasteiger partial charge in [-0.3, -0.25) is 72.3 Å². The highest BCUT2D eigenvalue weighted by Gasteiger charge is 2.39. The van der Waals surface area contributed by atoms with Gasteiger partial charge in [-0.2, -0.15) is 11.8 Å². The molecule has 41 heteroatoms. The average Bonchev–Trinajstić information content (AvgIpc) is 1.55. The molecule has 0 saturated heterocycles. The molecule has 618 valence electrons. The molecule has 40 nitrogen and oxygen atoms in total. The van der Waals surface area contributed by atoms with Gasteiger partial charge in [0.2, 0.25) is 70.9 Å². The first-order valence-corrected chi connectivity index (χ1v) is 37.9. The lowest BCUT2D eigenvalue weighted by Crippen LogP contribution is -2.62. The molecule has 0 fully saturated rings. The van der Waals surface area contributed by atoms with Crippen LogP contribution in [0.15, 0.2) is 22.5 Å². The van der Waals surface area contributed by atoms with E-state index in [9.17, 15) is 87.5 Å². The predicted octanol–water partition coefficient (Wildman–Crippen LogP) is -5.53. The molecule has 0 unspecified atom stereocenters. The third kappa shape index (κ3) is 39.5. The zero-order valence-corrected chi connectivity index (χ0v) is 65.2. The number of rotatable bonds is 55. The number of amides is 12. The number of carboxylic acids is 2. The number of H-pyrrole nitrogens is 1. The second-order valence-corrected chi connectivity index (χ2v) is 29.6. The molecule has 0 aliphatic carbocycles. The standard InChI is InChI=1S/C68H122N22O18S/c1-34(2)24-44(82-54(95)40(70)16-12-13-20-69)59(100)83-45(25-35(3)4)58(99)79-41(17-14-21-76-67(71)72)55(96)85-48(29-52(93)94)62(103)89-51(32-92)64(105)81-43(19-23-109-11)57(98)90-53(38(9)10)65(106)86-46(26-36(5)6)60(101)84-47(28-39-30-75-33-78-39)61(102)88-50(31-91)63(104)80-42(18-15-22-77-68(73)74)56(97)87-49(66(107)108)27-37(7)8/h30,33-38,40-51,53,91-92H,12-29,31-32,69-70H2,1-11H3,(H,75,78)(H,79,99)(H,80,104)(H,81,105)(H,82,95)(H,83,100)(H,84,101)(H,85,96)(H,86,106)(H,87,97)(H,88,102)(H,89,103)(H,90,98)(H,93,94)(H,107,108)(H4,71,72,76)(H4,73,74,77)/t40-,41-,42-,43-,44-,45-,46-,47-,48-,49-,50-,51-,53-/m0/s1. The van der Waals surface area contributed by atoms with Crippen molar-refractivity contribution in [2.24, 2.45) is 74.0 Å². The highest BCUT2D eigenvalue weighted by atomic mass is 32.2. The van der Waals surface area contributed by atoms with Gasteiger partial charge in [-0.15, -0.1) is 0 Å². The zero-order chi connectivity index (χ0) is 82.8. The molecule has 109 heavy (non-hydrogen) atoms. The smallest absolute Gasteiger partial charge is 0.326 e. The maximum atomic E-state index is 14.5. The van der Waals surface area contributed by atoms with Crippen LogP contribution >= 0.6 is 11.8 Å². The van der Waals surface area contributed by atoms with Crippen LogP contribution in [0.3, 0.4) is 0 Å². The summed E-state index contributed by atoms with van der Waals surface area (Å²) in [5.74, 6) is -16.5. The van der Waals surface area contributed by atoms with Crippen LogP contribution < -0.4 is 98.2 Å². The van der Waals surface area contributed by atoms with Crippen LogP contribution in [0.5, 0.6) is 0 Å². The van der Waals surface area contributed by atoms with Gasteiger partial charge >= 0.3 is 11.9 Å². The van der Waals surface area contributed by atoms with Crippen molar-refractivity contribution < 1.29 is 87.5 Å². The predicted molar refractivity (Wildman–Crippen MR) is 406 cm³/mol. The van der Waals surface area contributed by atoms with E-state index in [1.54, 1.807) is 61.6 Å². The van der Waals surface area contributed by atoms with Crippen molar-refractivity contribution in [1.29, 1.82) is 0 Å². The number of imidazole rings is 1. The lowest BCUT2D eigenvalue weighted by Gasteiger charge is -2.29. The van der Waals surface area contributed by atoms with E-state index < -0.39 is 187 Å². The van der Waals surface area contributed by atoms with E-state index >= 15 is 0 Å². The summed E-state index contributed by atoms with van der Waals surface area (Å²) in [5, 5.41) is 70.9. The van der Waals surface area contributed by atoms with E-state index in [0.717, 1.165) is 0 Å².